The van der Waals surface area contributed by atoms with Crippen LogP contribution in [0.5, 0.6) is 0 Å². The van der Waals surface area contributed by atoms with Crippen molar-refractivity contribution >= 4 is 5.91 Å². The van der Waals surface area contributed by atoms with Crippen LogP contribution in [-0.4, -0.2) is 98.7 Å². The van der Waals surface area contributed by atoms with Gasteiger partial charge in [-0.05, 0) is 32.1 Å². The SMILES string of the molecule is CCCCCCCCC/C=C/CC/C=C/C(O)C(COC1OC(CO)C(O)C(O)C1O)NC(=O)C(O)CCCCCCCCCCCCCC. The summed E-state index contributed by atoms with van der Waals surface area (Å²) in [5.74, 6) is -0.628. The molecule has 7 N–H and O–H groups in total. The van der Waals surface area contributed by atoms with Crippen molar-refractivity contribution < 1.29 is 44.9 Å². The Balaban J connectivity index is 2.54. The summed E-state index contributed by atoms with van der Waals surface area (Å²) >= 11 is 0. The molecule has 10 heteroatoms. The van der Waals surface area contributed by atoms with Gasteiger partial charge in [-0.1, -0.05) is 154 Å². The molecule has 1 aliphatic heterocycles. The molecule has 0 aromatic heterocycles. The first-order valence-corrected chi connectivity index (χ1v) is 20.2. The lowest BCUT2D eigenvalue weighted by molar-refractivity contribution is -0.302. The van der Waals surface area contributed by atoms with E-state index in [2.05, 4.69) is 31.3 Å². The fraction of sp³-hybridized carbons (Fsp3) is 0.875. The van der Waals surface area contributed by atoms with Crippen molar-refractivity contribution in [2.45, 2.75) is 210 Å². The molecule has 1 aliphatic rings. The second-order valence-corrected chi connectivity index (χ2v) is 14.2. The van der Waals surface area contributed by atoms with Gasteiger partial charge in [-0.15, -0.1) is 0 Å². The molecule has 1 rings (SSSR count). The number of aliphatic hydroxyl groups is 6. The highest BCUT2D eigenvalue weighted by Crippen LogP contribution is 2.22. The average Bonchev–Trinajstić information content (AvgIpc) is 3.11. The summed E-state index contributed by atoms with van der Waals surface area (Å²) in [4.78, 5) is 12.9. The van der Waals surface area contributed by atoms with Crippen LogP contribution in [-0.2, 0) is 14.3 Å². The molecule has 10 nitrogen and oxygen atoms in total. The summed E-state index contributed by atoms with van der Waals surface area (Å²) in [5, 5.41) is 64.3. The van der Waals surface area contributed by atoms with E-state index in [0.29, 0.717) is 19.3 Å². The number of amides is 1. The van der Waals surface area contributed by atoms with Gasteiger partial charge in [0.2, 0.25) is 5.91 Å². The monoisotopic (exact) mass is 714 g/mol. The molecule has 1 fully saturated rings. The Labute approximate surface area is 303 Å². The number of unbranched alkanes of at least 4 members (excludes halogenated alkanes) is 19. The van der Waals surface area contributed by atoms with Gasteiger partial charge in [0.15, 0.2) is 6.29 Å². The molecule has 1 saturated heterocycles. The van der Waals surface area contributed by atoms with Crippen LogP contribution in [0.25, 0.3) is 0 Å². The zero-order valence-electron chi connectivity index (χ0n) is 31.5. The first-order chi connectivity index (χ1) is 24.3. The van der Waals surface area contributed by atoms with Crippen LogP contribution in [0, 0.1) is 0 Å². The maximum absolute atomic E-state index is 12.9. The van der Waals surface area contributed by atoms with E-state index < -0.39 is 61.5 Å². The second-order valence-electron chi connectivity index (χ2n) is 14.2. The van der Waals surface area contributed by atoms with Crippen molar-refractivity contribution in [3.8, 4) is 0 Å². The van der Waals surface area contributed by atoms with E-state index in [1.165, 1.54) is 96.3 Å². The number of aliphatic hydroxyl groups excluding tert-OH is 6. The summed E-state index contributed by atoms with van der Waals surface area (Å²) in [6, 6.07) is -0.990. The van der Waals surface area contributed by atoms with Crippen molar-refractivity contribution in [3.05, 3.63) is 24.3 Å². The van der Waals surface area contributed by atoms with Crippen LogP contribution >= 0.6 is 0 Å². The van der Waals surface area contributed by atoms with Crippen molar-refractivity contribution in [2.75, 3.05) is 13.2 Å². The summed E-state index contributed by atoms with van der Waals surface area (Å²) in [5.41, 5.74) is 0. The summed E-state index contributed by atoms with van der Waals surface area (Å²) in [7, 11) is 0. The molecular weight excluding hydrogens is 638 g/mol. The predicted molar refractivity (Wildman–Crippen MR) is 199 cm³/mol. The van der Waals surface area contributed by atoms with Gasteiger partial charge >= 0.3 is 0 Å². The minimum Gasteiger partial charge on any atom is -0.394 e. The first-order valence-electron chi connectivity index (χ1n) is 20.2. The van der Waals surface area contributed by atoms with E-state index in [1.807, 2.05) is 6.08 Å². The Morgan fingerprint density at radius 3 is 1.74 bits per heavy atom. The number of ether oxygens (including phenoxy) is 2. The van der Waals surface area contributed by atoms with Crippen molar-refractivity contribution in [3.63, 3.8) is 0 Å². The lowest BCUT2D eigenvalue weighted by Gasteiger charge is -2.40. The number of carbonyl (C=O) groups is 1. The van der Waals surface area contributed by atoms with Gasteiger partial charge in [-0.25, -0.2) is 0 Å². The number of hydrogen-bond donors (Lipinski definition) is 7. The maximum atomic E-state index is 12.9. The van der Waals surface area contributed by atoms with E-state index >= 15 is 0 Å². The largest absolute Gasteiger partial charge is 0.394 e. The number of rotatable bonds is 32. The molecular formula is C40H75NO9. The molecule has 1 amide bonds. The quantitative estimate of drug-likeness (QED) is 0.0320. The Bertz CT molecular complexity index is 855. The Hall–Kier alpha value is -1.37. The standard InChI is InChI=1S/C40H75NO9/c1-3-5-7-9-11-13-15-17-19-20-22-24-26-28-33(43)32(31-49-40-38(47)37(46)36(45)35(30-42)50-40)41-39(48)34(44)29-27-25-23-21-18-16-14-12-10-8-6-4-2/h19-20,26,28,32-38,40,42-47H,3-18,21-25,27,29-31H2,1-2H3,(H,41,48)/b20-19+,28-26+. The van der Waals surface area contributed by atoms with E-state index in [9.17, 15) is 35.4 Å². The molecule has 50 heavy (non-hydrogen) atoms. The predicted octanol–water partition coefficient (Wildman–Crippen LogP) is 6.13. The summed E-state index contributed by atoms with van der Waals surface area (Å²) < 4.78 is 11.1. The van der Waals surface area contributed by atoms with E-state index in [4.69, 9.17) is 9.47 Å². The van der Waals surface area contributed by atoms with Gasteiger partial charge in [0.05, 0.1) is 25.4 Å². The lowest BCUT2D eigenvalue weighted by atomic mass is 9.99. The zero-order chi connectivity index (χ0) is 36.8. The molecule has 0 aromatic carbocycles. The average molecular weight is 714 g/mol. The Kier molecular flexibility index (Phi) is 29.1. The van der Waals surface area contributed by atoms with E-state index in [-0.39, 0.29) is 6.61 Å². The van der Waals surface area contributed by atoms with Crippen LogP contribution in [0.3, 0.4) is 0 Å². The topological polar surface area (TPSA) is 169 Å². The molecule has 0 spiro atoms. The molecule has 0 aliphatic carbocycles. The molecule has 0 bridgehead atoms. The van der Waals surface area contributed by atoms with Crippen molar-refractivity contribution in [2.24, 2.45) is 0 Å². The summed E-state index contributed by atoms with van der Waals surface area (Å²) in [6.07, 6.45) is 24.1. The van der Waals surface area contributed by atoms with E-state index in [1.54, 1.807) is 6.08 Å². The van der Waals surface area contributed by atoms with Gasteiger partial charge in [-0.2, -0.15) is 0 Å². The van der Waals surface area contributed by atoms with Gasteiger partial charge in [0, 0.05) is 0 Å². The van der Waals surface area contributed by atoms with Gasteiger partial charge < -0.3 is 45.4 Å². The number of nitrogens with one attached hydrogen (secondary N) is 1. The zero-order valence-corrected chi connectivity index (χ0v) is 31.5. The smallest absolute Gasteiger partial charge is 0.249 e. The maximum Gasteiger partial charge on any atom is 0.249 e. The van der Waals surface area contributed by atoms with Gasteiger partial charge in [0.25, 0.3) is 0 Å². The molecule has 1 heterocycles. The highest BCUT2D eigenvalue weighted by Gasteiger charge is 2.44. The molecule has 0 saturated carbocycles. The van der Waals surface area contributed by atoms with Gasteiger partial charge in [0.1, 0.15) is 30.5 Å². The minimum atomic E-state index is -1.61. The molecule has 294 valence electrons. The van der Waals surface area contributed by atoms with Crippen LogP contribution in [0.4, 0.5) is 0 Å². The number of carbonyl (C=O) groups excluding carboxylic acids is 1. The fourth-order valence-electron chi connectivity index (χ4n) is 6.24. The lowest BCUT2D eigenvalue weighted by Crippen LogP contribution is -2.60. The van der Waals surface area contributed by atoms with Crippen LogP contribution in [0.2, 0.25) is 0 Å². The third kappa shape index (κ3) is 21.9. The Morgan fingerprint density at radius 1 is 0.680 bits per heavy atom. The van der Waals surface area contributed by atoms with Gasteiger partial charge in [-0.3, -0.25) is 4.79 Å². The molecule has 0 aromatic rings. The van der Waals surface area contributed by atoms with Crippen molar-refractivity contribution in [1.29, 1.82) is 0 Å². The van der Waals surface area contributed by atoms with Crippen molar-refractivity contribution in [1.82, 2.24) is 5.32 Å². The van der Waals surface area contributed by atoms with Crippen LogP contribution < -0.4 is 5.32 Å². The third-order valence-electron chi connectivity index (χ3n) is 9.64. The highest BCUT2D eigenvalue weighted by molar-refractivity contribution is 5.80. The molecule has 0 radical (unpaired) electrons. The fourth-order valence-corrected chi connectivity index (χ4v) is 6.24. The highest BCUT2D eigenvalue weighted by atomic mass is 16.7. The number of hydrogen-bond acceptors (Lipinski definition) is 9. The van der Waals surface area contributed by atoms with E-state index in [0.717, 1.165) is 32.1 Å². The van der Waals surface area contributed by atoms with Crippen LogP contribution in [0.15, 0.2) is 24.3 Å². The Morgan fingerprint density at radius 2 is 1.18 bits per heavy atom. The summed E-state index contributed by atoms with van der Waals surface area (Å²) in [6.45, 7) is 3.54. The minimum absolute atomic E-state index is 0.306. The second kappa shape index (κ2) is 31.2. The molecule has 8 atom stereocenters. The number of allylic oxidation sites excluding steroid dienone is 3. The normalized spacial score (nSPS) is 23.1. The third-order valence-corrected chi connectivity index (χ3v) is 9.64. The first kappa shape index (κ1) is 46.7. The van der Waals surface area contributed by atoms with Crippen LogP contribution in [0.1, 0.15) is 162 Å². The molecule has 8 unspecified atom stereocenters.